The van der Waals surface area contributed by atoms with Gasteiger partial charge in [0.2, 0.25) is 0 Å². The van der Waals surface area contributed by atoms with Gasteiger partial charge in [-0.1, -0.05) is 18.2 Å². The number of fused-ring (bicyclic) bond motifs is 1. The Morgan fingerprint density at radius 3 is 2.60 bits per heavy atom. The van der Waals surface area contributed by atoms with E-state index >= 15 is 0 Å². The van der Waals surface area contributed by atoms with Crippen LogP contribution in [0.3, 0.4) is 0 Å². The molecular formula is C25H29FN4. The predicted octanol–water partition coefficient (Wildman–Crippen LogP) is 4.16. The summed E-state index contributed by atoms with van der Waals surface area (Å²) in [6, 6.07) is 16.2. The number of hydrogen-bond acceptors (Lipinski definition) is 4. The molecule has 0 spiro atoms. The van der Waals surface area contributed by atoms with Crippen molar-refractivity contribution in [3.05, 3.63) is 72.3 Å². The highest BCUT2D eigenvalue weighted by atomic mass is 19.1. The number of piperazine rings is 1. The molecule has 1 atom stereocenters. The smallest absolute Gasteiger partial charge is 0.123 e. The van der Waals surface area contributed by atoms with Crippen LogP contribution in [-0.2, 0) is 6.54 Å². The Balaban J connectivity index is 1.20. The minimum Gasteiger partial charge on any atom is -0.369 e. The average molecular weight is 405 g/mol. The molecule has 5 rings (SSSR count). The summed E-state index contributed by atoms with van der Waals surface area (Å²) < 4.78 is 13.2. The number of nitrogens with zero attached hydrogens (tertiary/aromatic N) is 4. The maximum absolute atomic E-state index is 13.2. The third kappa shape index (κ3) is 4.18. The molecule has 1 aromatic heterocycles. The Bertz CT molecular complexity index is 977. The normalized spacial score (nSPS) is 21.2. The van der Waals surface area contributed by atoms with Gasteiger partial charge in [0.05, 0.1) is 0 Å². The van der Waals surface area contributed by atoms with Crippen molar-refractivity contribution in [2.45, 2.75) is 25.4 Å². The van der Waals surface area contributed by atoms with Crippen LogP contribution < -0.4 is 4.90 Å². The summed E-state index contributed by atoms with van der Waals surface area (Å²) in [6.45, 7) is 7.50. The van der Waals surface area contributed by atoms with Gasteiger partial charge >= 0.3 is 0 Å². The summed E-state index contributed by atoms with van der Waals surface area (Å²) in [5, 5.41) is 2.54. The summed E-state index contributed by atoms with van der Waals surface area (Å²) in [6.07, 6.45) is 6.39. The van der Waals surface area contributed by atoms with Crippen LogP contribution in [0.2, 0.25) is 0 Å². The summed E-state index contributed by atoms with van der Waals surface area (Å²) >= 11 is 0. The molecule has 2 aromatic carbocycles. The van der Waals surface area contributed by atoms with Gasteiger partial charge in [0.1, 0.15) is 5.82 Å². The monoisotopic (exact) mass is 404 g/mol. The van der Waals surface area contributed by atoms with E-state index in [0.717, 1.165) is 45.0 Å². The van der Waals surface area contributed by atoms with Crippen LogP contribution in [0.25, 0.3) is 10.8 Å². The van der Waals surface area contributed by atoms with Crippen molar-refractivity contribution in [3.8, 4) is 0 Å². The van der Waals surface area contributed by atoms with E-state index in [2.05, 4.69) is 43.9 Å². The molecule has 3 heterocycles. The number of pyridine rings is 1. The molecule has 3 aromatic rings. The fourth-order valence-electron chi connectivity index (χ4n) is 5.04. The van der Waals surface area contributed by atoms with Gasteiger partial charge in [0.15, 0.2) is 0 Å². The van der Waals surface area contributed by atoms with Gasteiger partial charge in [0.25, 0.3) is 0 Å². The van der Waals surface area contributed by atoms with Gasteiger partial charge in [-0.05, 0) is 60.7 Å². The summed E-state index contributed by atoms with van der Waals surface area (Å²) in [5.74, 6) is -0.165. The maximum atomic E-state index is 13.2. The van der Waals surface area contributed by atoms with Crippen molar-refractivity contribution >= 4 is 16.5 Å². The highest BCUT2D eigenvalue weighted by Crippen LogP contribution is 2.24. The van der Waals surface area contributed by atoms with Crippen molar-refractivity contribution in [2.24, 2.45) is 0 Å². The highest BCUT2D eigenvalue weighted by Gasteiger charge is 2.28. The first-order valence-electron chi connectivity index (χ1n) is 11.0. The van der Waals surface area contributed by atoms with E-state index in [9.17, 15) is 4.39 Å². The van der Waals surface area contributed by atoms with E-state index in [1.807, 2.05) is 24.5 Å². The molecule has 0 N–H and O–H groups in total. The molecule has 2 fully saturated rings. The lowest BCUT2D eigenvalue weighted by Gasteiger charge is -2.44. The minimum atomic E-state index is -0.165. The summed E-state index contributed by atoms with van der Waals surface area (Å²) in [4.78, 5) is 11.9. The minimum absolute atomic E-state index is 0.165. The lowest BCUT2D eigenvalue weighted by molar-refractivity contribution is 0.0890. The van der Waals surface area contributed by atoms with Crippen molar-refractivity contribution in [1.82, 2.24) is 14.8 Å². The quantitative estimate of drug-likeness (QED) is 0.651. The molecule has 0 amide bonds. The van der Waals surface area contributed by atoms with Crippen molar-refractivity contribution < 1.29 is 4.39 Å². The van der Waals surface area contributed by atoms with Gasteiger partial charge in [-0.15, -0.1) is 0 Å². The van der Waals surface area contributed by atoms with Crippen LogP contribution in [0, 0.1) is 5.82 Å². The number of benzene rings is 2. The first-order chi connectivity index (χ1) is 14.8. The van der Waals surface area contributed by atoms with Crippen molar-refractivity contribution in [2.75, 3.05) is 44.2 Å². The second-order valence-corrected chi connectivity index (χ2v) is 8.54. The lowest BCUT2D eigenvalue weighted by Crippen LogP contribution is -2.55. The number of rotatable bonds is 4. The van der Waals surface area contributed by atoms with Crippen LogP contribution in [0.15, 0.2) is 60.9 Å². The van der Waals surface area contributed by atoms with E-state index in [1.165, 1.54) is 35.7 Å². The number of likely N-dealkylation sites (tertiary alicyclic amines) is 1. The van der Waals surface area contributed by atoms with E-state index in [0.29, 0.717) is 6.04 Å². The molecule has 0 bridgehead atoms. The zero-order valence-corrected chi connectivity index (χ0v) is 17.4. The van der Waals surface area contributed by atoms with Gasteiger partial charge < -0.3 is 4.90 Å². The third-order valence-corrected chi connectivity index (χ3v) is 6.67. The number of halogens is 1. The van der Waals surface area contributed by atoms with E-state index in [1.54, 1.807) is 12.1 Å². The molecule has 0 radical (unpaired) electrons. The van der Waals surface area contributed by atoms with Crippen LogP contribution >= 0.6 is 0 Å². The standard InChI is InChI=1S/C25H29FN4/c26-22-6-8-23(9-7-22)29-13-15-30(16-14-29)24-5-2-12-28(19-24)18-21-4-1-3-20-17-27-11-10-25(20)21/h1,3-4,6-11,17,24H,2,5,12-16,18-19H2. The second kappa shape index (κ2) is 8.70. The van der Waals surface area contributed by atoms with E-state index < -0.39 is 0 Å². The van der Waals surface area contributed by atoms with E-state index in [-0.39, 0.29) is 5.82 Å². The number of anilines is 1. The topological polar surface area (TPSA) is 22.6 Å². The molecule has 5 heteroatoms. The Labute approximate surface area is 177 Å². The summed E-state index contributed by atoms with van der Waals surface area (Å²) in [7, 11) is 0. The Hall–Kier alpha value is -2.50. The number of aromatic nitrogens is 1. The van der Waals surface area contributed by atoms with Crippen LogP contribution in [-0.4, -0.2) is 60.1 Å². The predicted molar refractivity (Wildman–Crippen MR) is 120 cm³/mol. The Morgan fingerprint density at radius 2 is 1.77 bits per heavy atom. The van der Waals surface area contributed by atoms with Crippen molar-refractivity contribution in [1.29, 1.82) is 0 Å². The molecule has 30 heavy (non-hydrogen) atoms. The molecule has 156 valence electrons. The Kier molecular flexibility index (Phi) is 5.65. The molecule has 0 saturated carbocycles. The van der Waals surface area contributed by atoms with Gasteiger partial charge in [0, 0.05) is 68.8 Å². The van der Waals surface area contributed by atoms with Gasteiger partial charge in [-0.3, -0.25) is 14.8 Å². The van der Waals surface area contributed by atoms with Crippen LogP contribution in [0.5, 0.6) is 0 Å². The van der Waals surface area contributed by atoms with Crippen LogP contribution in [0.1, 0.15) is 18.4 Å². The van der Waals surface area contributed by atoms with Gasteiger partial charge in [-0.2, -0.15) is 0 Å². The fourth-order valence-corrected chi connectivity index (χ4v) is 5.04. The SMILES string of the molecule is Fc1ccc(N2CCN(C3CCCN(Cc4cccc5cnccc45)C3)CC2)cc1. The molecule has 2 aliphatic rings. The third-order valence-electron chi connectivity index (χ3n) is 6.67. The molecule has 1 unspecified atom stereocenters. The zero-order valence-electron chi connectivity index (χ0n) is 17.4. The fraction of sp³-hybridized carbons (Fsp3) is 0.400. The molecule has 4 nitrogen and oxygen atoms in total. The molecule has 2 aliphatic heterocycles. The average Bonchev–Trinajstić information content (AvgIpc) is 2.80. The first-order valence-corrected chi connectivity index (χ1v) is 11.0. The lowest BCUT2D eigenvalue weighted by atomic mass is 10.0. The van der Waals surface area contributed by atoms with Crippen LogP contribution in [0.4, 0.5) is 10.1 Å². The second-order valence-electron chi connectivity index (χ2n) is 8.54. The largest absolute Gasteiger partial charge is 0.369 e. The highest BCUT2D eigenvalue weighted by molar-refractivity contribution is 5.84. The molecular weight excluding hydrogens is 375 g/mol. The molecule has 2 saturated heterocycles. The number of hydrogen-bond donors (Lipinski definition) is 0. The number of piperidine rings is 1. The van der Waals surface area contributed by atoms with E-state index in [4.69, 9.17) is 0 Å². The zero-order chi connectivity index (χ0) is 20.3. The maximum Gasteiger partial charge on any atom is 0.123 e. The first kappa shape index (κ1) is 19.5. The van der Waals surface area contributed by atoms with Crippen molar-refractivity contribution in [3.63, 3.8) is 0 Å². The Morgan fingerprint density at radius 1 is 0.933 bits per heavy atom. The summed E-state index contributed by atoms with van der Waals surface area (Å²) in [5.41, 5.74) is 2.53. The van der Waals surface area contributed by atoms with Gasteiger partial charge in [-0.25, -0.2) is 4.39 Å². The molecule has 0 aliphatic carbocycles.